The molecular weight excluding hydrogens is 228 g/mol. The van der Waals surface area contributed by atoms with Gasteiger partial charge in [0.1, 0.15) is 0 Å². The third-order valence-corrected chi connectivity index (χ3v) is 3.71. The second-order valence-electron chi connectivity index (χ2n) is 4.92. The van der Waals surface area contributed by atoms with Crippen LogP contribution in [-0.4, -0.2) is 23.8 Å². The fourth-order valence-corrected chi connectivity index (χ4v) is 2.61. The molecule has 0 radical (unpaired) electrons. The van der Waals surface area contributed by atoms with Crippen molar-refractivity contribution in [1.82, 2.24) is 4.57 Å². The van der Waals surface area contributed by atoms with Crippen molar-refractivity contribution in [2.24, 2.45) is 11.7 Å². The zero-order valence-corrected chi connectivity index (χ0v) is 10.8. The fourth-order valence-electron chi connectivity index (χ4n) is 2.61. The molecular formula is C14H22N2O2. The van der Waals surface area contributed by atoms with Gasteiger partial charge in [-0.25, -0.2) is 0 Å². The smallest absolute Gasteiger partial charge is 0.250 e. The summed E-state index contributed by atoms with van der Waals surface area (Å²) in [7, 11) is 0. The molecule has 1 aliphatic carbocycles. The summed E-state index contributed by atoms with van der Waals surface area (Å²) in [6.45, 7) is 1.91. The van der Waals surface area contributed by atoms with Crippen molar-refractivity contribution in [3.63, 3.8) is 0 Å². The summed E-state index contributed by atoms with van der Waals surface area (Å²) in [6, 6.07) is 5.19. The summed E-state index contributed by atoms with van der Waals surface area (Å²) in [4.78, 5) is 11.5. The summed E-state index contributed by atoms with van der Waals surface area (Å²) < 4.78 is 7.59. The van der Waals surface area contributed by atoms with Crippen LogP contribution in [0.15, 0.2) is 29.2 Å². The highest BCUT2D eigenvalue weighted by atomic mass is 16.5. The Morgan fingerprint density at radius 2 is 2.17 bits per heavy atom. The van der Waals surface area contributed by atoms with Crippen LogP contribution in [-0.2, 0) is 11.3 Å². The van der Waals surface area contributed by atoms with E-state index in [0.29, 0.717) is 25.6 Å². The van der Waals surface area contributed by atoms with Crippen LogP contribution in [0.25, 0.3) is 0 Å². The van der Waals surface area contributed by atoms with E-state index in [1.807, 2.05) is 6.07 Å². The van der Waals surface area contributed by atoms with Gasteiger partial charge < -0.3 is 15.0 Å². The van der Waals surface area contributed by atoms with Crippen molar-refractivity contribution >= 4 is 0 Å². The van der Waals surface area contributed by atoms with E-state index >= 15 is 0 Å². The Labute approximate surface area is 108 Å². The normalized spacial score (nSPS) is 24.1. The average molecular weight is 250 g/mol. The van der Waals surface area contributed by atoms with Gasteiger partial charge in [0.2, 0.25) is 0 Å². The number of nitrogens with zero attached hydrogens (tertiary/aromatic N) is 1. The minimum absolute atomic E-state index is 0.0279. The van der Waals surface area contributed by atoms with E-state index in [4.69, 9.17) is 10.5 Å². The van der Waals surface area contributed by atoms with Gasteiger partial charge in [-0.15, -0.1) is 0 Å². The second-order valence-corrected chi connectivity index (χ2v) is 4.92. The first-order valence-corrected chi connectivity index (χ1v) is 6.78. The van der Waals surface area contributed by atoms with Crippen LogP contribution in [0.2, 0.25) is 0 Å². The highest BCUT2D eigenvalue weighted by Gasteiger charge is 2.24. The van der Waals surface area contributed by atoms with E-state index < -0.39 is 0 Å². The van der Waals surface area contributed by atoms with Gasteiger partial charge in [-0.3, -0.25) is 4.79 Å². The maximum absolute atomic E-state index is 11.5. The van der Waals surface area contributed by atoms with Gasteiger partial charge in [0.15, 0.2) is 0 Å². The van der Waals surface area contributed by atoms with Gasteiger partial charge in [0, 0.05) is 18.8 Å². The molecule has 4 nitrogen and oxygen atoms in total. The van der Waals surface area contributed by atoms with Gasteiger partial charge >= 0.3 is 0 Å². The van der Waals surface area contributed by atoms with Crippen LogP contribution in [0.4, 0.5) is 0 Å². The summed E-state index contributed by atoms with van der Waals surface area (Å²) in [5.41, 5.74) is 5.79. The molecule has 0 aliphatic heterocycles. The molecule has 0 saturated heterocycles. The molecule has 2 rings (SSSR count). The molecule has 1 aromatic heterocycles. The molecule has 1 heterocycles. The molecule has 1 aliphatic rings. The van der Waals surface area contributed by atoms with Crippen LogP contribution in [0.1, 0.15) is 25.7 Å². The van der Waals surface area contributed by atoms with Gasteiger partial charge in [-0.05, 0) is 31.4 Å². The highest BCUT2D eigenvalue weighted by molar-refractivity contribution is 4.93. The number of ether oxygens (including phenoxy) is 1. The van der Waals surface area contributed by atoms with Crippen LogP contribution in [0, 0.1) is 5.92 Å². The Balaban J connectivity index is 1.81. The highest BCUT2D eigenvalue weighted by Crippen LogP contribution is 2.25. The van der Waals surface area contributed by atoms with Crippen LogP contribution in [0.3, 0.4) is 0 Å². The van der Waals surface area contributed by atoms with Gasteiger partial charge in [-0.1, -0.05) is 18.9 Å². The van der Waals surface area contributed by atoms with Crippen LogP contribution < -0.4 is 11.3 Å². The number of hydrogen-bond acceptors (Lipinski definition) is 3. The van der Waals surface area contributed by atoms with Crippen molar-refractivity contribution in [1.29, 1.82) is 0 Å². The monoisotopic (exact) mass is 250 g/mol. The zero-order chi connectivity index (χ0) is 12.8. The molecule has 0 amide bonds. The SMILES string of the molecule is NCC1CCCCC1OCCn1ccccc1=O. The Morgan fingerprint density at radius 1 is 1.33 bits per heavy atom. The van der Waals surface area contributed by atoms with Gasteiger partial charge in [0.05, 0.1) is 12.7 Å². The molecule has 2 atom stereocenters. The Hall–Kier alpha value is -1.13. The summed E-state index contributed by atoms with van der Waals surface area (Å²) in [5.74, 6) is 0.492. The summed E-state index contributed by atoms with van der Waals surface area (Å²) in [6.07, 6.45) is 6.85. The molecule has 18 heavy (non-hydrogen) atoms. The van der Waals surface area contributed by atoms with E-state index in [-0.39, 0.29) is 11.7 Å². The molecule has 1 fully saturated rings. The van der Waals surface area contributed by atoms with E-state index in [1.165, 1.54) is 19.3 Å². The summed E-state index contributed by atoms with van der Waals surface area (Å²) >= 11 is 0. The molecule has 0 spiro atoms. The third-order valence-electron chi connectivity index (χ3n) is 3.71. The topological polar surface area (TPSA) is 57.2 Å². The largest absolute Gasteiger partial charge is 0.376 e. The van der Waals surface area contributed by atoms with Crippen molar-refractivity contribution < 1.29 is 4.74 Å². The Bertz CT molecular complexity index is 416. The van der Waals surface area contributed by atoms with E-state index in [2.05, 4.69) is 0 Å². The predicted molar refractivity (Wildman–Crippen MR) is 71.5 cm³/mol. The minimum Gasteiger partial charge on any atom is -0.376 e. The van der Waals surface area contributed by atoms with E-state index in [1.54, 1.807) is 22.9 Å². The second kappa shape index (κ2) is 6.71. The Morgan fingerprint density at radius 3 is 2.94 bits per heavy atom. The van der Waals surface area contributed by atoms with E-state index in [9.17, 15) is 4.79 Å². The van der Waals surface area contributed by atoms with Crippen LogP contribution >= 0.6 is 0 Å². The van der Waals surface area contributed by atoms with Gasteiger partial charge in [-0.2, -0.15) is 0 Å². The predicted octanol–water partition coefficient (Wildman–Crippen LogP) is 1.38. The van der Waals surface area contributed by atoms with Crippen molar-refractivity contribution in [2.45, 2.75) is 38.3 Å². The third kappa shape index (κ3) is 3.43. The molecule has 4 heteroatoms. The van der Waals surface area contributed by atoms with Crippen molar-refractivity contribution in [2.75, 3.05) is 13.2 Å². The lowest BCUT2D eigenvalue weighted by molar-refractivity contribution is -0.0115. The molecule has 2 N–H and O–H groups in total. The zero-order valence-electron chi connectivity index (χ0n) is 10.8. The lowest BCUT2D eigenvalue weighted by Gasteiger charge is -2.30. The average Bonchev–Trinajstić information content (AvgIpc) is 2.41. The molecule has 100 valence electrons. The number of hydrogen-bond donors (Lipinski definition) is 1. The lowest BCUT2D eigenvalue weighted by atomic mass is 9.86. The van der Waals surface area contributed by atoms with E-state index in [0.717, 1.165) is 6.42 Å². The van der Waals surface area contributed by atoms with Crippen LogP contribution in [0.5, 0.6) is 0 Å². The van der Waals surface area contributed by atoms with Crippen molar-refractivity contribution in [3.8, 4) is 0 Å². The van der Waals surface area contributed by atoms with Crippen molar-refractivity contribution in [3.05, 3.63) is 34.7 Å². The number of rotatable bonds is 5. The fraction of sp³-hybridized carbons (Fsp3) is 0.643. The summed E-state index contributed by atoms with van der Waals surface area (Å²) in [5, 5.41) is 0. The molecule has 1 saturated carbocycles. The number of nitrogens with two attached hydrogens (primary N) is 1. The maximum Gasteiger partial charge on any atom is 0.250 e. The molecule has 0 aromatic carbocycles. The molecule has 2 unspecified atom stereocenters. The standard InChI is InChI=1S/C14H22N2O2/c15-11-12-5-1-2-6-13(12)18-10-9-16-8-4-3-7-14(16)17/h3-4,7-8,12-13H,1-2,5-6,9-11,15H2. The molecule has 1 aromatic rings. The Kier molecular flexibility index (Phi) is 4.96. The first-order valence-electron chi connectivity index (χ1n) is 6.78. The molecule has 0 bridgehead atoms. The minimum atomic E-state index is 0.0279. The number of aromatic nitrogens is 1. The first-order chi connectivity index (χ1) is 8.81. The first kappa shape index (κ1) is 13.3. The number of pyridine rings is 1. The quantitative estimate of drug-likeness (QED) is 0.859. The van der Waals surface area contributed by atoms with Gasteiger partial charge in [0.25, 0.3) is 5.56 Å². The maximum atomic E-state index is 11.5. The lowest BCUT2D eigenvalue weighted by Crippen LogP contribution is -2.34.